The number of nitrogen functional groups attached to an aromatic ring is 1. The molecular weight excluding hydrogens is 572 g/mol. The summed E-state index contributed by atoms with van der Waals surface area (Å²) in [6, 6.07) is 10.5. The van der Waals surface area contributed by atoms with Crippen molar-refractivity contribution in [3.05, 3.63) is 36.7 Å². The van der Waals surface area contributed by atoms with Gasteiger partial charge in [-0.15, -0.1) is 5.10 Å². The number of rotatable bonds is 6. The number of piperazine rings is 2. The zero-order chi connectivity index (χ0) is 31.5. The van der Waals surface area contributed by atoms with Crippen molar-refractivity contribution in [2.75, 3.05) is 60.1 Å². The SMILES string of the molecule is CC(=O)N1[C@H](C)CN(c2cc(-n3nc(Nc4ccc(N5CCN(C(=O)NC6CCCCC6)CC5)cc4)nc3N)ncn2)C[C@@H]1C. The second-order valence-electron chi connectivity index (χ2n) is 12.4. The van der Waals surface area contributed by atoms with Crippen molar-refractivity contribution in [2.45, 2.75) is 71.0 Å². The topological polar surface area (TPSA) is 154 Å². The molecule has 3 fully saturated rings. The van der Waals surface area contributed by atoms with Crippen molar-refractivity contribution in [3.63, 3.8) is 0 Å². The molecule has 0 unspecified atom stereocenters. The van der Waals surface area contributed by atoms with E-state index in [-0.39, 0.29) is 30.0 Å². The highest BCUT2D eigenvalue weighted by Gasteiger charge is 2.32. The van der Waals surface area contributed by atoms with Crippen molar-refractivity contribution in [3.8, 4) is 5.82 Å². The summed E-state index contributed by atoms with van der Waals surface area (Å²) < 4.78 is 1.49. The van der Waals surface area contributed by atoms with Crippen LogP contribution in [0.3, 0.4) is 0 Å². The average Bonchev–Trinajstić information content (AvgIpc) is 3.41. The molecule has 4 heterocycles. The van der Waals surface area contributed by atoms with E-state index in [0.29, 0.717) is 44.0 Å². The number of urea groups is 1. The van der Waals surface area contributed by atoms with Crippen LogP contribution in [-0.2, 0) is 4.79 Å². The van der Waals surface area contributed by atoms with Crippen LogP contribution in [0.4, 0.5) is 33.9 Å². The first-order valence-electron chi connectivity index (χ1n) is 16.0. The highest BCUT2D eigenvalue weighted by atomic mass is 16.2. The van der Waals surface area contributed by atoms with Gasteiger partial charge in [-0.1, -0.05) is 19.3 Å². The molecule has 3 aliphatic rings. The molecule has 0 spiro atoms. The maximum atomic E-state index is 12.7. The van der Waals surface area contributed by atoms with Crippen LogP contribution in [-0.4, -0.2) is 104 Å². The van der Waals surface area contributed by atoms with Crippen LogP contribution < -0.4 is 26.2 Å². The summed E-state index contributed by atoms with van der Waals surface area (Å²) in [5.41, 5.74) is 8.18. The van der Waals surface area contributed by atoms with Crippen molar-refractivity contribution >= 4 is 41.0 Å². The fraction of sp³-hybridized carbons (Fsp3) is 0.548. The Morgan fingerprint density at radius 1 is 0.889 bits per heavy atom. The Bertz CT molecular complexity index is 1470. The standard InChI is InChI=1S/C31H44N12O2/c1-21-18-41(19-22(2)42(21)23(3)44)27-17-28(34-20-33-27)43-29(32)37-30(38-43)35-25-9-11-26(12-10-25)39-13-15-40(16-14-39)31(45)36-24-7-5-4-6-8-24/h9-12,17,20-22,24H,4-8,13-16,18-19H2,1-3H3,(H,36,45)(H3,32,35,37,38)/t21-,22+. The summed E-state index contributed by atoms with van der Waals surface area (Å²) in [5.74, 6) is 1.89. The van der Waals surface area contributed by atoms with Gasteiger partial charge in [0.05, 0.1) is 0 Å². The molecule has 2 aromatic heterocycles. The minimum Gasteiger partial charge on any atom is -0.368 e. The number of nitrogens with one attached hydrogen (secondary N) is 2. The van der Waals surface area contributed by atoms with Gasteiger partial charge in [0.2, 0.25) is 17.8 Å². The van der Waals surface area contributed by atoms with Gasteiger partial charge in [0.15, 0.2) is 5.82 Å². The Balaban J connectivity index is 1.05. The summed E-state index contributed by atoms with van der Waals surface area (Å²) in [7, 11) is 0. The highest BCUT2D eigenvalue weighted by molar-refractivity contribution is 5.75. The number of aromatic nitrogens is 5. The van der Waals surface area contributed by atoms with E-state index >= 15 is 0 Å². The van der Waals surface area contributed by atoms with Gasteiger partial charge >= 0.3 is 6.03 Å². The van der Waals surface area contributed by atoms with Gasteiger partial charge in [0, 0.05) is 81.8 Å². The Hall–Kier alpha value is -4.62. The maximum absolute atomic E-state index is 12.7. The zero-order valence-electron chi connectivity index (χ0n) is 26.4. The number of benzene rings is 1. The minimum atomic E-state index is 0.0605. The van der Waals surface area contributed by atoms with Gasteiger partial charge in [-0.3, -0.25) is 4.79 Å². The number of carbonyl (C=O) groups is 2. The lowest BCUT2D eigenvalue weighted by Gasteiger charge is -2.44. The van der Waals surface area contributed by atoms with E-state index in [2.05, 4.69) is 52.6 Å². The van der Waals surface area contributed by atoms with E-state index in [1.165, 1.54) is 30.3 Å². The highest BCUT2D eigenvalue weighted by Crippen LogP contribution is 2.25. The monoisotopic (exact) mass is 616 g/mol. The van der Waals surface area contributed by atoms with E-state index in [0.717, 1.165) is 43.1 Å². The molecule has 1 aromatic carbocycles. The molecule has 4 N–H and O–H groups in total. The average molecular weight is 617 g/mol. The minimum absolute atomic E-state index is 0.0605. The molecule has 3 aromatic rings. The molecule has 0 radical (unpaired) electrons. The summed E-state index contributed by atoms with van der Waals surface area (Å²) in [6.07, 6.45) is 7.37. The van der Waals surface area contributed by atoms with Crippen LogP contribution in [0.25, 0.3) is 5.82 Å². The van der Waals surface area contributed by atoms with Crippen LogP contribution in [0.15, 0.2) is 36.7 Å². The Morgan fingerprint density at radius 2 is 1.56 bits per heavy atom. The third kappa shape index (κ3) is 6.89. The number of amides is 3. The van der Waals surface area contributed by atoms with Crippen molar-refractivity contribution in [1.82, 2.24) is 39.8 Å². The maximum Gasteiger partial charge on any atom is 0.317 e. The molecule has 14 nitrogen and oxygen atoms in total. The number of anilines is 5. The van der Waals surface area contributed by atoms with Crippen LogP contribution in [0.2, 0.25) is 0 Å². The van der Waals surface area contributed by atoms with E-state index < -0.39 is 0 Å². The third-order valence-electron chi connectivity index (χ3n) is 9.08. The van der Waals surface area contributed by atoms with E-state index in [1.54, 1.807) is 6.92 Å². The Kier molecular flexibility index (Phi) is 8.90. The molecular formula is C31H44N12O2. The van der Waals surface area contributed by atoms with Crippen LogP contribution in [0.5, 0.6) is 0 Å². The number of nitrogens with zero attached hydrogens (tertiary/aromatic N) is 9. The van der Waals surface area contributed by atoms with Crippen molar-refractivity contribution < 1.29 is 9.59 Å². The predicted molar refractivity (Wildman–Crippen MR) is 174 cm³/mol. The lowest BCUT2D eigenvalue weighted by atomic mass is 9.96. The predicted octanol–water partition coefficient (Wildman–Crippen LogP) is 2.99. The number of hydrogen-bond donors (Lipinski definition) is 3. The molecule has 3 amide bonds. The summed E-state index contributed by atoms with van der Waals surface area (Å²) in [6.45, 7) is 10.0. The van der Waals surface area contributed by atoms with Crippen LogP contribution >= 0.6 is 0 Å². The molecule has 1 aliphatic carbocycles. The number of carbonyl (C=O) groups excluding carboxylic acids is 2. The van der Waals surface area contributed by atoms with Crippen molar-refractivity contribution in [2.24, 2.45) is 0 Å². The summed E-state index contributed by atoms with van der Waals surface area (Å²) in [5, 5.41) is 11.0. The second kappa shape index (κ2) is 13.2. The molecule has 14 heteroatoms. The van der Waals surface area contributed by atoms with Gasteiger partial charge in [-0.05, 0) is 51.0 Å². The molecule has 2 saturated heterocycles. The lowest BCUT2D eigenvalue weighted by molar-refractivity contribution is -0.133. The number of hydrogen-bond acceptors (Lipinski definition) is 10. The molecule has 240 valence electrons. The molecule has 2 aliphatic heterocycles. The van der Waals surface area contributed by atoms with Gasteiger partial charge in [0.25, 0.3) is 0 Å². The fourth-order valence-corrected chi connectivity index (χ4v) is 6.87. The Morgan fingerprint density at radius 3 is 2.22 bits per heavy atom. The first kappa shape index (κ1) is 30.4. The largest absolute Gasteiger partial charge is 0.368 e. The molecule has 2 atom stereocenters. The smallest absolute Gasteiger partial charge is 0.317 e. The normalized spacial score (nSPS) is 21.1. The van der Waals surface area contributed by atoms with Gasteiger partial charge < -0.3 is 36.0 Å². The van der Waals surface area contributed by atoms with Gasteiger partial charge in [-0.25, -0.2) is 14.8 Å². The lowest BCUT2D eigenvalue weighted by Crippen LogP contribution is -2.58. The second-order valence-corrected chi connectivity index (χ2v) is 12.4. The van der Waals surface area contributed by atoms with Gasteiger partial charge in [-0.2, -0.15) is 9.67 Å². The van der Waals surface area contributed by atoms with E-state index in [1.807, 2.05) is 41.8 Å². The summed E-state index contributed by atoms with van der Waals surface area (Å²) >= 11 is 0. The third-order valence-corrected chi connectivity index (χ3v) is 9.08. The first-order chi connectivity index (χ1) is 21.7. The molecule has 6 rings (SSSR count). The Labute approximate surface area is 264 Å². The quantitative estimate of drug-likeness (QED) is 0.377. The van der Waals surface area contributed by atoms with Gasteiger partial charge in [0.1, 0.15) is 12.1 Å². The molecule has 45 heavy (non-hydrogen) atoms. The van der Waals surface area contributed by atoms with E-state index in [4.69, 9.17) is 5.73 Å². The first-order valence-corrected chi connectivity index (χ1v) is 16.0. The van der Waals surface area contributed by atoms with Crippen LogP contribution in [0, 0.1) is 0 Å². The molecule has 1 saturated carbocycles. The van der Waals surface area contributed by atoms with Crippen LogP contribution in [0.1, 0.15) is 52.9 Å². The molecule has 0 bridgehead atoms. The van der Waals surface area contributed by atoms with E-state index in [9.17, 15) is 9.59 Å². The number of nitrogens with two attached hydrogens (primary N) is 1. The fourth-order valence-electron chi connectivity index (χ4n) is 6.87. The zero-order valence-corrected chi connectivity index (χ0v) is 26.4. The van der Waals surface area contributed by atoms with Crippen molar-refractivity contribution in [1.29, 1.82) is 0 Å². The summed E-state index contributed by atoms with van der Waals surface area (Å²) in [4.78, 5) is 46.4.